The Labute approximate surface area is 77.4 Å². The first-order valence-electron chi connectivity index (χ1n) is 4.98. The molecule has 1 aliphatic carbocycles. The molecule has 3 aliphatic rings. The molecule has 1 unspecified atom stereocenters. The second kappa shape index (κ2) is 2.50. The number of hydrogen-bond donors (Lipinski definition) is 0. The van der Waals surface area contributed by atoms with Gasteiger partial charge in [-0.1, -0.05) is 12.2 Å². The van der Waals surface area contributed by atoms with Gasteiger partial charge >= 0.3 is 6.09 Å². The van der Waals surface area contributed by atoms with Crippen molar-refractivity contribution >= 4 is 6.09 Å². The van der Waals surface area contributed by atoms with Crippen LogP contribution in [0.5, 0.6) is 0 Å². The standard InChI is InChI=1S/C10H13NO2/c12-10-11-6-8(11)9(13-10)7-4-2-1-3-5-7/h1-2,7-9H,3-6H2/t7?,8-,9+,11?/m0/s1. The SMILES string of the molecule is O=C1O[C@H](C2CC=CCC2)[C@@H]2CN12. The third kappa shape index (κ3) is 1.06. The topological polar surface area (TPSA) is 29.3 Å². The van der Waals surface area contributed by atoms with Crippen molar-refractivity contribution in [1.82, 2.24) is 4.90 Å². The van der Waals surface area contributed by atoms with Crippen LogP contribution in [0.25, 0.3) is 0 Å². The minimum Gasteiger partial charge on any atom is -0.444 e. The van der Waals surface area contributed by atoms with Crippen LogP contribution in [0.1, 0.15) is 19.3 Å². The number of carbonyl (C=O) groups excluding carboxylic acids is 1. The van der Waals surface area contributed by atoms with Crippen LogP contribution in [-0.4, -0.2) is 29.7 Å². The summed E-state index contributed by atoms with van der Waals surface area (Å²) < 4.78 is 5.32. The summed E-state index contributed by atoms with van der Waals surface area (Å²) in [5.74, 6) is 0.575. The molecule has 70 valence electrons. The Bertz CT molecular complexity index is 274. The lowest BCUT2D eigenvalue weighted by molar-refractivity contribution is 0.0843. The van der Waals surface area contributed by atoms with Crippen LogP contribution in [0.2, 0.25) is 0 Å². The molecule has 3 atom stereocenters. The van der Waals surface area contributed by atoms with Gasteiger partial charge in [0.25, 0.3) is 0 Å². The summed E-state index contributed by atoms with van der Waals surface area (Å²) >= 11 is 0. The molecule has 1 amide bonds. The molecule has 2 heterocycles. The number of nitrogens with zero attached hydrogens (tertiary/aromatic N) is 1. The molecule has 2 saturated heterocycles. The number of carbonyl (C=O) groups is 1. The zero-order valence-corrected chi connectivity index (χ0v) is 7.48. The normalized spacial score (nSPS) is 41.7. The highest BCUT2D eigenvalue weighted by Crippen LogP contribution is 2.39. The maximum Gasteiger partial charge on any atom is 0.410 e. The summed E-state index contributed by atoms with van der Waals surface area (Å²) in [6.45, 7) is 0.934. The van der Waals surface area contributed by atoms with E-state index in [2.05, 4.69) is 12.2 Å². The molecule has 13 heavy (non-hydrogen) atoms. The highest BCUT2D eigenvalue weighted by molar-refractivity contribution is 5.74. The molecule has 0 bridgehead atoms. The number of ether oxygens (including phenoxy) is 1. The average molecular weight is 179 g/mol. The minimum absolute atomic E-state index is 0.0930. The van der Waals surface area contributed by atoms with Crippen molar-refractivity contribution in [3.63, 3.8) is 0 Å². The summed E-state index contributed by atoms with van der Waals surface area (Å²) in [4.78, 5) is 13.0. The molecule has 0 N–H and O–H groups in total. The molecule has 0 spiro atoms. The zero-order valence-electron chi connectivity index (χ0n) is 7.48. The molecule has 2 fully saturated rings. The van der Waals surface area contributed by atoms with Crippen LogP contribution in [0.15, 0.2) is 12.2 Å². The molecular weight excluding hydrogens is 166 g/mol. The third-order valence-corrected chi connectivity index (χ3v) is 3.28. The molecule has 0 saturated carbocycles. The fourth-order valence-electron chi connectivity index (χ4n) is 2.43. The number of amides is 1. The molecule has 0 aromatic rings. The van der Waals surface area contributed by atoms with Crippen molar-refractivity contribution in [2.45, 2.75) is 31.4 Å². The lowest BCUT2D eigenvalue weighted by Crippen LogP contribution is -2.27. The van der Waals surface area contributed by atoms with Crippen LogP contribution >= 0.6 is 0 Å². The van der Waals surface area contributed by atoms with Crippen molar-refractivity contribution < 1.29 is 9.53 Å². The zero-order chi connectivity index (χ0) is 8.84. The number of rotatable bonds is 1. The largest absolute Gasteiger partial charge is 0.444 e. The second-order valence-electron chi connectivity index (χ2n) is 4.11. The van der Waals surface area contributed by atoms with Gasteiger partial charge in [0.1, 0.15) is 6.10 Å². The highest BCUT2D eigenvalue weighted by Gasteiger charge is 2.55. The summed E-state index contributed by atoms with van der Waals surface area (Å²) in [6.07, 6.45) is 7.94. The van der Waals surface area contributed by atoms with Crippen LogP contribution < -0.4 is 0 Å². The van der Waals surface area contributed by atoms with E-state index >= 15 is 0 Å². The first-order valence-corrected chi connectivity index (χ1v) is 4.98. The highest BCUT2D eigenvalue weighted by atomic mass is 16.6. The number of fused-ring (bicyclic) bond motifs is 1. The quantitative estimate of drug-likeness (QED) is 0.451. The van der Waals surface area contributed by atoms with Crippen LogP contribution in [0, 0.1) is 5.92 Å². The van der Waals surface area contributed by atoms with E-state index < -0.39 is 0 Å². The van der Waals surface area contributed by atoms with Crippen molar-refractivity contribution in [3.05, 3.63) is 12.2 Å². The van der Waals surface area contributed by atoms with E-state index in [1.165, 1.54) is 6.42 Å². The molecular formula is C10H13NO2. The maximum atomic E-state index is 11.2. The van der Waals surface area contributed by atoms with Crippen molar-refractivity contribution in [2.75, 3.05) is 6.54 Å². The lowest BCUT2D eigenvalue weighted by atomic mass is 9.88. The van der Waals surface area contributed by atoms with Gasteiger partial charge in [-0.3, -0.25) is 4.90 Å². The van der Waals surface area contributed by atoms with Crippen LogP contribution in [0.4, 0.5) is 4.79 Å². The van der Waals surface area contributed by atoms with E-state index in [0.29, 0.717) is 12.0 Å². The average Bonchev–Trinajstić information content (AvgIpc) is 2.89. The third-order valence-electron chi connectivity index (χ3n) is 3.28. The summed E-state index contributed by atoms with van der Waals surface area (Å²) in [7, 11) is 0. The molecule has 2 aliphatic heterocycles. The number of allylic oxidation sites excluding steroid dienone is 2. The van der Waals surface area contributed by atoms with Gasteiger partial charge in [-0.25, -0.2) is 4.79 Å². The van der Waals surface area contributed by atoms with Crippen molar-refractivity contribution in [3.8, 4) is 0 Å². The van der Waals surface area contributed by atoms with Gasteiger partial charge in [-0.05, 0) is 19.3 Å². The fourth-order valence-corrected chi connectivity index (χ4v) is 2.43. The first-order chi connectivity index (χ1) is 6.36. The molecule has 3 rings (SSSR count). The van der Waals surface area contributed by atoms with E-state index in [9.17, 15) is 4.79 Å². The lowest BCUT2D eigenvalue weighted by Gasteiger charge is -2.23. The van der Waals surface area contributed by atoms with Gasteiger partial charge in [0.05, 0.1) is 6.04 Å². The second-order valence-corrected chi connectivity index (χ2v) is 4.11. The Morgan fingerprint density at radius 2 is 2.38 bits per heavy atom. The molecule has 0 aromatic carbocycles. The van der Waals surface area contributed by atoms with E-state index in [0.717, 1.165) is 19.4 Å². The number of hydrogen-bond acceptors (Lipinski definition) is 2. The van der Waals surface area contributed by atoms with Crippen molar-refractivity contribution in [2.24, 2.45) is 5.92 Å². The Balaban J connectivity index is 1.72. The molecule has 0 aromatic heterocycles. The molecule has 0 radical (unpaired) electrons. The Morgan fingerprint density at radius 3 is 2.92 bits per heavy atom. The Kier molecular flexibility index (Phi) is 1.43. The van der Waals surface area contributed by atoms with Gasteiger partial charge in [-0.2, -0.15) is 0 Å². The van der Waals surface area contributed by atoms with E-state index in [1.807, 2.05) is 4.90 Å². The predicted molar refractivity (Wildman–Crippen MR) is 47.2 cm³/mol. The van der Waals surface area contributed by atoms with E-state index in [1.54, 1.807) is 0 Å². The summed E-state index contributed by atoms with van der Waals surface area (Å²) in [5, 5.41) is 0. The van der Waals surface area contributed by atoms with Crippen LogP contribution in [0.3, 0.4) is 0 Å². The summed E-state index contributed by atoms with van der Waals surface area (Å²) in [5.41, 5.74) is 0. The van der Waals surface area contributed by atoms with E-state index in [-0.39, 0.29) is 12.2 Å². The maximum absolute atomic E-state index is 11.2. The number of cyclic esters (lactones) is 1. The fraction of sp³-hybridized carbons (Fsp3) is 0.700. The smallest absolute Gasteiger partial charge is 0.410 e. The van der Waals surface area contributed by atoms with E-state index in [4.69, 9.17) is 4.74 Å². The van der Waals surface area contributed by atoms with Gasteiger partial charge in [-0.15, -0.1) is 0 Å². The van der Waals surface area contributed by atoms with Gasteiger partial charge < -0.3 is 4.74 Å². The minimum atomic E-state index is -0.0930. The predicted octanol–water partition coefficient (Wildman–Crippen LogP) is 1.55. The Hall–Kier alpha value is -0.990. The molecule has 3 nitrogen and oxygen atoms in total. The first kappa shape index (κ1) is 7.42. The molecule has 3 heteroatoms. The summed E-state index contributed by atoms with van der Waals surface area (Å²) in [6, 6.07) is 0.420. The monoisotopic (exact) mass is 179 g/mol. The van der Waals surface area contributed by atoms with Gasteiger partial charge in [0.15, 0.2) is 0 Å². The van der Waals surface area contributed by atoms with Gasteiger partial charge in [0.2, 0.25) is 0 Å². The van der Waals surface area contributed by atoms with Crippen molar-refractivity contribution in [1.29, 1.82) is 0 Å². The van der Waals surface area contributed by atoms with Crippen LogP contribution in [-0.2, 0) is 4.74 Å². The van der Waals surface area contributed by atoms with Gasteiger partial charge in [0, 0.05) is 12.5 Å². The Morgan fingerprint density at radius 1 is 1.46 bits per heavy atom.